The molecule has 7 rings (SSSR count). The SMILES string of the molecule is Fc1cccc(F)c1-c1noc(C2CC2)c1C1=CC2(CCN(c3ccc4ccncc4c3)CC2)C1. The molecule has 0 bridgehead atoms. The van der Waals surface area contributed by atoms with Crippen LogP contribution < -0.4 is 4.90 Å². The van der Waals surface area contributed by atoms with Crippen LogP contribution in [0, 0.1) is 17.0 Å². The van der Waals surface area contributed by atoms with E-state index in [-0.39, 0.29) is 11.0 Å². The van der Waals surface area contributed by atoms with Gasteiger partial charge in [-0.15, -0.1) is 0 Å². The zero-order valence-corrected chi connectivity index (χ0v) is 19.3. The second kappa shape index (κ2) is 7.74. The summed E-state index contributed by atoms with van der Waals surface area (Å²) in [5.41, 5.74) is 3.54. The number of aromatic nitrogens is 2. The lowest BCUT2D eigenvalue weighted by Crippen LogP contribution is -2.42. The smallest absolute Gasteiger partial charge is 0.147 e. The molecular formula is C29H25F2N3O. The van der Waals surface area contributed by atoms with Crippen molar-refractivity contribution in [2.24, 2.45) is 5.41 Å². The molecule has 3 heterocycles. The Balaban J connectivity index is 1.16. The van der Waals surface area contributed by atoms with E-state index in [4.69, 9.17) is 4.52 Å². The van der Waals surface area contributed by atoms with Crippen molar-refractivity contribution in [2.75, 3.05) is 18.0 Å². The Morgan fingerprint density at radius 1 is 0.943 bits per heavy atom. The molecule has 176 valence electrons. The fourth-order valence-corrected chi connectivity index (χ4v) is 5.81. The largest absolute Gasteiger partial charge is 0.371 e. The number of hydrogen-bond donors (Lipinski definition) is 0. The highest BCUT2D eigenvalue weighted by atomic mass is 19.1. The number of anilines is 1. The van der Waals surface area contributed by atoms with Crippen LogP contribution in [0.1, 0.15) is 49.3 Å². The molecule has 1 saturated carbocycles. The molecule has 0 amide bonds. The summed E-state index contributed by atoms with van der Waals surface area (Å²) in [7, 11) is 0. The van der Waals surface area contributed by atoms with Crippen LogP contribution >= 0.6 is 0 Å². The van der Waals surface area contributed by atoms with Gasteiger partial charge in [0.2, 0.25) is 0 Å². The van der Waals surface area contributed by atoms with Gasteiger partial charge in [-0.05, 0) is 78.8 Å². The molecule has 6 heteroatoms. The van der Waals surface area contributed by atoms with Gasteiger partial charge in [0.1, 0.15) is 23.1 Å². The van der Waals surface area contributed by atoms with Gasteiger partial charge >= 0.3 is 0 Å². The van der Waals surface area contributed by atoms with E-state index in [1.807, 2.05) is 18.5 Å². The molecule has 35 heavy (non-hydrogen) atoms. The third-order valence-corrected chi connectivity index (χ3v) is 7.96. The van der Waals surface area contributed by atoms with Crippen molar-refractivity contribution in [3.05, 3.63) is 83.9 Å². The number of nitrogens with zero attached hydrogens (tertiary/aromatic N) is 3. The molecule has 2 aromatic carbocycles. The molecule has 4 nitrogen and oxygen atoms in total. The molecule has 0 atom stereocenters. The maximum absolute atomic E-state index is 14.6. The summed E-state index contributed by atoms with van der Waals surface area (Å²) < 4.78 is 34.9. The van der Waals surface area contributed by atoms with E-state index in [0.717, 1.165) is 67.5 Å². The van der Waals surface area contributed by atoms with Crippen LogP contribution in [0.5, 0.6) is 0 Å². The number of hydrogen-bond acceptors (Lipinski definition) is 4. The first-order valence-corrected chi connectivity index (χ1v) is 12.4. The number of rotatable bonds is 4. The van der Waals surface area contributed by atoms with Crippen LogP contribution in [0.25, 0.3) is 27.6 Å². The highest BCUT2D eigenvalue weighted by Gasteiger charge is 2.44. The number of benzene rings is 2. The molecule has 1 aliphatic heterocycles. The molecule has 0 radical (unpaired) electrons. The number of allylic oxidation sites excluding steroid dienone is 2. The standard InChI is InChI=1S/C29H25F2N3O/c30-23-2-1-3-24(31)26(23)27-25(28(35-33-27)19-4-5-19)21-15-29(16-21)9-12-34(13-10-29)22-7-6-18-8-11-32-17-20(18)14-22/h1-3,6-8,11,14-15,17,19H,4-5,9-10,12-13,16H2. The summed E-state index contributed by atoms with van der Waals surface area (Å²) in [4.78, 5) is 6.70. The van der Waals surface area contributed by atoms with Crippen LogP contribution in [-0.2, 0) is 0 Å². The van der Waals surface area contributed by atoms with Crippen LogP contribution in [-0.4, -0.2) is 23.2 Å². The minimum atomic E-state index is -0.601. The predicted octanol–water partition coefficient (Wildman–Crippen LogP) is 7.12. The molecular weight excluding hydrogens is 444 g/mol. The summed E-state index contributed by atoms with van der Waals surface area (Å²) in [6.07, 6.45) is 11.1. The number of pyridine rings is 1. The highest BCUT2D eigenvalue weighted by Crippen LogP contribution is 2.56. The zero-order valence-electron chi connectivity index (χ0n) is 19.3. The van der Waals surface area contributed by atoms with E-state index < -0.39 is 11.6 Å². The molecule has 2 aliphatic carbocycles. The molecule has 0 unspecified atom stereocenters. The van der Waals surface area contributed by atoms with E-state index in [9.17, 15) is 8.78 Å². The second-order valence-corrected chi connectivity index (χ2v) is 10.2. The monoisotopic (exact) mass is 469 g/mol. The average Bonchev–Trinajstić information content (AvgIpc) is 3.62. The quantitative estimate of drug-likeness (QED) is 0.319. The number of piperidine rings is 1. The Bertz CT molecular complexity index is 1460. The Morgan fingerprint density at radius 2 is 1.71 bits per heavy atom. The lowest BCUT2D eigenvalue weighted by atomic mass is 9.63. The van der Waals surface area contributed by atoms with E-state index in [1.165, 1.54) is 29.3 Å². The molecule has 2 aromatic heterocycles. The van der Waals surface area contributed by atoms with E-state index >= 15 is 0 Å². The first kappa shape index (κ1) is 20.8. The van der Waals surface area contributed by atoms with Gasteiger partial charge in [-0.3, -0.25) is 4.98 Å². The molecule has 2 fully saturated rings. The minimum absolute atomic E-state index is 0.0828. The summed E-state index contributed by atoms with van der Waals surface area (Å²) >= 11 is 0. The maximum Gasteiger partial charge on any atom is 0.147 e. The van der Waals surface area contributed by atoms with Gasteiger partial charge < -0.3 is 9.42 Å². The minimum Gasteiger partial charge on any atom is -0.371 e. The van der Waals surface area contributed by atoms with E-state index in [2.05, 4.69) is 39.3 Å². The molecule has 0 N–H and O–H groups in total. The van der Waals surface area contributed by atoms with Gasteiger partial charge in [0, 0.05) is 48.0 Å². The average molecular weight is 470 g/mol. The fraction of sp³-hybridized carbons (Fsp3) is 0.310. The van der Waals surface area contributed by atoms with Crippen LogP contribution in [0.15, 0.2) is 65.5 Å². The number of halogens is 2. The predicted molar refractivity (Wildman–Crippen MR) is 132 cm³/mol. The lowest BCUT2D eigenvalue weighted by molar-refractivity contribution is 0.277. The first-order valence-electron chi connectivity index (χ1n) is 12.4. The van der Waals surface area contributed by atoms with Gasteiger partial charge in [0.15, 0.2) is 0 Å². The van der Waals surface area contributed by atoms with Gasteiger partial charge in [-0.25, -0.2) is 8.78 Å². The van der Waals surface area contributed by atoms with Crippen LogP contribution in [0.4, 0.5) is 14.5 Å². The van der Waals surface area contributed by atoms with Crippen molar-refractivity contribution >= 4 is 22.0 Å². The third-order valence-electron chi connectivity index (χ3n) is 7.96. The summed E-state index contributed by atoms with van der Waals surface area (Å²) in [6.45, 7) is 1.95. The zero-order chi connectivity index (χ0) is 23.6. The van der Waals surface area contributed by atoms with Crippen molar-refractivity contribution in [1.29, 1.82) is 0 Å². The van der Waals surface area contributed by atoms with E-state index in [1.54, 1.807) is 0 Å². The first-order chi connectivity index (χ1) is 17.1. The molecule has 1 spiro atoms. The van der Waals surface area contributed by atoms with Crippen LogP contribution in [0.3, 0.4) is 0 Å². The molecule has 4 aromatic rings. The topological polar surface area (TPSA) is 42.2 Å². The van der Waals surface area contributed by atoms with Crippen molar-refractivity contribution < 1.29 is 13.3 Å². The van der Waals surface area contributed by atoms with Crippen molar-refractivity contribution in [1.82, 2.24) is 10.1 Å². The Kier molecular flexibility index (Phi) is 4.60. The summed E-state index contributed by atoms with van der Waals surface area (Å²) in [6, 6.07) is 12.5. The van der Waals surface area contributed by atoms with Gasteiger partial charge in [0.25, 0.3) is 0 Å². The number of fused-ring (bicyclic) bond motifs is 1. The second-order valence-electron chi connectivity index (χ2n) is 10.2. The highest BCUT2D eigenvalue weighted by molar-refractivity contribution is 5.86. The summed E-state index contributed by atoms with van der Waals surface area (Å²) in [5.74, 6) is -0.0976. The lowest BCUT2D eigenvalue weighted by Gasteiger charge is -2.47. The van der Waals surface area contributed by atoms with Gasteiger partial charge in [-0.2, -0.15) is 0 Å². The maximum atomic E-state index is 14.6. The third kappa shape index (κ3) is 3.46. The van der Waals surface area contributed by atoms with Crippen LogP contribution in [0.2, 0.25) is 0 Å². The van der Waals surface area contributed by atoms with Gasteiger partial charge in [-0.1, -0.05) is 23.4 Å². The summed E-state index contributed by atoms with van der Waals surface area (Å²) in [5, 5.41) is 6.53. The van der Waals surface area contributed by atoms with Crippen molar-refractivity contribution in [3.63, 3.8) is 0 Å². The Hall–Kier alpha value is -3.54. The Morgan fingerprint density at radius 3 is 2.46 bits per heavy atom. The van der Waals surface area contributed by atoms with Crippen molar-refractivity contribution in [2.45, 2.75) is 38.0 Å². The molecule has 3 aliphatic rings. The molecule has 1 saturated heterocycles. The van der Waals surface area contributed by atoms with E-state index in [0.29, 0.717) is 11.6 Å². The van der Waals surface area contributed by atoms with Crippen molar-refractivity contribution in [3.8, 4) is 11.3 Å². The van der Waals surface area contributed by atoms with Gasteiger partial charge in [0.05, 0.1) is 5.56 Å². The normalized spacial score (nSPS) is 19.1. The fourth-order valence-electron chi connectivity index (χ4n) is 5.81. The Labute approximate surface area is 202 Å².